The molecule has 342 valence electrons. The molecule has 10 nitrogen and oxygen atoms in total. The largest absolute Gasteiger partial charge is 0.463 e. The van der Waals surface area contributed by atoms with E-state index in [-0.39, 0.29) is 133 Å². The second-order valence-electron chi connectivity index (χ2n) is 8.27. The smallest absolute Gasteiger partial charge is 0.319 e. The Kier molecular flexibility index (Phi) is 114. The molecule has 54 heavy (non-hydrogen) atoms. The van der Waals surface area contributed by atoms with E-state index in [0.29, 0.717) is 33.0 Å². The molecule has 0 bridgehead atoms. The normalized spacial score (nSPS) is 9.19. The first-order valence-electron chi connectivity index (χ1n) is 14.5. The Labute approximate surface area is 363 Å². The van der Waals surface area contributed by atoms with Gasteiger partial charge in [0.2, 0.25) is 0 Å². The summed E-state index contributed by atoms with van der Waals surface area (Å²) >= 11 is 0. The summed E-state index contributed by atoms with van der Waals surface area (Å²) in [5.74, 6) is 5.02. The fraction of sp³-hybridized carbons (Fsp3) is 0.895. The number of ketones is 1. The molecule has 0 rings (SSSR count). The van der Waals surface area contributed by atoms with Crippen molar-refractivity contribution >= 4 is 76.5 Å². The summed E-state index contributed by atoms with van der Waals surface area (Å²) in [6.45, 7) is 16.6. The number of carbonyl (C=O) groups excluding carboxylic acids is 2. The topological polar surface area (TPSA) is 108 Å². The van der Waals surface area contributed by atoms with Crippen molar-refractivity contribution in [3.63, 3.8) is 0 Å². The lowest BCUT2D eigenvalue weighted by molar-refractivity contribution is -0.308. The van der Waals surface area contributed by atoms with Crippen molar-refractivity contribution in [2.45, 2.75) is 102 Å². The lowest BCUT2D eigenvalue weighted by Gasteiger charge is -2.30. The van der Waals surface area contributed by atoms with Gasteiger partial charge in [0.1, 0.15) is 25.2 Å². The maximum Gasteiger partial charge on any atom is 0.319 e. The van der Waals surface area contributed by atoms with Gasteiger partial charge in [-0.3, -0.25) is 9.59 Å². The summed E-state index contributed by atoms with van der Waals surface area (Å²) < 4.78 is 34.1. The Morgan fingerprint density at radius 2 is 0.796 bits per heavy atom. The van der Waals surface area contributed by atoms with E-state index in [9.17, 15) is 9.59 Å². The van der Waals surface area contributed by atoms with E-state index in [4.69, 9.17) is 38.2 Å². The molecule has 0 aromatic heterocycles. The molecular weight excluding hydrogens is 809 g/mol. The number of rotatable bonds is 34. The molecule has 0 aromatic rings. The predicted molar refractivity (Wildman–Crippen MR) is 260 cm³/mol. The summed E-state index contributed by atoms with van der Waals surface area (Å²) in [6.07, 6.45) is 0. The number of esters is 1. The van der Waals surface area contributed by atoms with Crippen LogP contribution in [0, 0.1) is 5.41 Å². The van der Waals surface area contributed by atoms with Crippen LogP contribution >= 0.6 is 64.8 Å². The van der Waals surface area contributed by atoms with E-state index >= 15 is 0 Å². The molecule has 0 saturated heterocycles. The van der Waals surface area contributed by atoms with E-state index in [1.54, 1.807) is 64.8 Å². The summed E-state index contributed by atoms with van der Waals surface area (Å²) in [5, 5.41) is 0. The molecular formula is C38H94O10S6. The SMILES string of the molecule is C.C.C.C.C.C.C.C.C.C.C=C.CCSSCCOCCOCC(COCCOCCSSCC)(COOCC(C)=O)C(=O)OCCOCCSSCC. The highest BCUT2D eigenvalue weighted by Gasteiger charge is 2.42. The molecule has 0 spiro atoms. The third-order valence-corrected chi connectivity index (χ3v) is 11.9. The van der Waals surface area contributed by atoms with Crippen molar-refractivity contribution < 1.29 is 47.8 Å². The Hall–Kier alpha value is 0.700. The van der Waals surface area contributed by atoms with E-state index in [2.05, 4.69) is 33.9 Å². The standard InChI is InChI=1S/C26H50O10S6.C2H4.10CH4/c1-5-37-40-17-14-29-8-10-32-21-26(23-36-35-20-24(4)27,22-33-11-9-30-15-18-41-38-6-2)25(28)34-13-12-31-16-19-42-39-7-3;1-2;;;;;;;;;;/h5-23H2,1-4H3;1-2H2;10*1H4. The van der Waals surface area contributed by atoms with Crippen LogP contribution in [-0.4, -0.2) is 132 Å². The molecule has 0 aliphatic rings. The van der Waals surface area contributed by atoms with Crippen LogP contribution in [-0.2, 0) is 47.8 Å². The first-order chi connectivity index (χ1) is 21.5. The zero-order valence-electron chi connectivity index (χ0n) is 26.9. The summed E-state index contributed by atoms with van der Waals surface area (Å²) in [7, 11) is 10.7. The Balaban J connectivity index is -0.000000144. The van der Waals surface area contributed by atoms with Gasteiger partial charge in [-0.1, -0.05) is 160 Å². The molecule has 0 heterocycles. The lowest BCUT2D eigenvalue weighted by atomic mass is 9.91. The van der Waals surface area contributed by atoms with Gasteiger partial charge < -0.3 is 28.4 Å². The van der Waals surface area contributed by atoms with Gasteiger partial charge in [-0.15, -0.1) is 13.2 Å². The quantitative estimate of drug-likeness (QED) is 0.0152. The van der Waals surface area contributed by atoms with E-state index in [1.807, 2.05) is 0 Å². The summed E-state index contributed by atoms with van der Waals surface area (Å²) in [6, 6.07) is 0. The van der Waals surface area contributed by atoms with Gasteiger partial charge in [0, 0.05) is 34.5 Å². The average molecular weight is 904 g/mol. The summed E-state index contributed by atoms with van der Waals surface area (Å²) in [4.78, 5) is 35.0. The number of ether oxygens (including phenoxy) is 6. The van der Waals surface area contributed by atoms with E-state index < -0.39 is 11.4 Å². The van der Waals surface area contributed by atoms with Gasteiger partial charge in [0.05, 0.1) is 66.1 Å². The van der Waals surface area contributed by atoms with Crippen molar-refractivity contribution in [3.05, 3.63) is 13.2 Å². The van der Waals surface area contributed by atoms with Crippen LogP contribution in [0.2, 0.25) is 0 Å². The van der Waals surface area contributed by atoms with Gasteiger partial charge in [0.15, 0.2) is 5.78 Å². The second-order valence-corrected chi connectivity index (χ2v) is 16.9. The Morgan fingerprint density at radius 1 is 0.463 bits per heavy atom. The fourth-order valence-electron chi connectivity index (χ4n) is 2.71. The fourth-order valence-corrected chi connectivity index (χ4v) is 7.29. The molecule has 0 saturated carbocycles. The number of carbonyl (C=O) groups is 2. The maximum atomic E-state index is 13.4. The summed E-state index contributed by atoms with van der Waals surface area (Å²) in [5.41, 5.74) is -1.33. The molecule has 0 unspecified atom stereocenters. The van der Waals surface area contributed by atoms with Crippen LogP contribution in [0.15, 0.2) is 13.2 Å². The third kappa shape index (κ3) is 59.4. The highest BCUT2D eigenvalue weighted by molar-refractivity contribution is 8.77. The molecule has 0 radical (unpaired) electrons. The molecule has 0 amide bonds. The van der Waals surface area contributed by atoms with Gasteiger partial charge in [-0.2, -0.15) is 0 Å². The molecule has 0 aliphatic carbocycles. The zero-order valence-corrected chi connectivity index (χ0v) is 31.8. The minimum atomic E-state index is -1.33. The molecule has 0 aromatic carbocycles. The average Bonchev–Trinajstić information content (AvgIpc) is 3.03. The Bertz CT molecular complexity index is 623. The van der Waals surface area contributed by atoms with Crippen molar-refractivity contribution in [1.29, 1.82) is 0 Å². The lowest BCUT2D eigenvalue weighted by Crippen LogP contribution is -2.46. The zero-order chi connectivity index (χ0) is 33.0. The predicted octanol–water partition coefficient (Wildman–Crippen LogP) is 12.5. The first kappa shape index (κ1) is 86.5. The Morgan fingerprint density at radius 3 is 1.13 bits per heavy atom. The van der Waals surface area contributed by atoms with E-state index in [1.165, 1.54) is 6.92 Å². The van der Waals surface area contributed by atoms with Crippen LogP contribution in [0.5, 0.6) is 0 Å². The van der Waals surface area contributed by atoms with Crippen molar-refractivity contribution in [1.82, 2.24) is 0 Å². The first-order valence-corrected chi connectivity index (χ1v) is 22.0. The highest BCUT2D eigenvalue weighted by atomic mass is 33.1. The molecule has 16 heteroatoms. The number of hydrogen-bond acceptors (Lipinski definition) is 16. The van der Waals surface area contributed by atoms with Crippen LogP contribution in [0.1, 0.15) is 102 Å². The monoisotopic (exact) mass is 903 g/mol. The molecule has 0 fully saturated rings. The molecule has 0 atom stereocenters. The van der Waals surface area contributed by atoms with E-state index in [0.717, 1.165) is 34.5 Å². The number of Topliss-reactive ketones (excluding diaryl/α,β-unsaturated/α-hetero) is 1. The minimum Gasteiger partial charge on any atom is -0.463 e. The van der Waals surface area contributed by atoms with Crippen molar-refractivity contribution in [3.8, 4) is 0 Å². The molecule has 0 N–H and O–H groups in total. The minimum absolute atomic E-state index is 0. The van der Waals surface area contributed by atoms with Crippen LogP contribution < -0.4 is 0 Å². The van der Waals surface area contributed by atoms with Crippen LogP contribution in [0.25, 0.3) is 0 Å². The molecule has 0 aliphatic heterocycles. The van der Waals surface area contributed by atoms with Crippen LogP contribution in [0.4, 0.5) is 0 Å². The van der Waals surface area contributed by atoms with Crippen molar-refractivity contribution in [2.24, 2.45) is 5.41 Å². The van der Waals surface area contributed by atoms with Crippen LogP contribution in [0.3, 0.4) is 0 Å². The number of hydrogen-bond donors (Lipinski definition) is 0. The maximum absolute atomic E-state index is 13.4. The van der Waals surface area contributed by atoms with Gasteiger partial charge in [-0.05, 0) is 6.92 Å². The van der Waals surface area contributed by atoms with Gasteiger partial charge in [0.25, 0.3) is 0 Å². The van der Waals surface area contributed by atoms with Crippen molar-refractivity contribution in [2.75, 3.05) is 120 Å². The van der Waals surface area contributed by atoms with Gasteiger partial charge >= 0.3 is 5.97 Å². The third-order valence-electron chi connectivity index (χ3n) is 4.61. The highest BCUT2D eigenvalue weighted by Crippen LogP contribution is 2.24. The van der Waals surface area contributed by atoms with Gasteiger partial charge in [-0.25, -0.2) is 9.78 Å². The second kappa shape index (κ2) is 71.4.